The first kappa shape index (κ1) is 18.7. The molecule has 0 saturated heterocycles. The summed E-state index contributed by atoms with van der Waals surface area (Å²) in [6.45, 7) is 6.92. The van der Waals surface area contributed by atoms with Crippen LogP contribution in [0.25, 0.3) is 0 Å². The maximum atomic E-state index is 12.0. The van der Waals surface area contributed by atoms with Gasteiger partial charge in [0.05, 0.1) is 25.2 Å². The lowest BCUT2D eigenvalue weighted by Crippen LogP contribution is -2.27. The average molecular weight is 317 g/mol. The minimum atomic E-state index is -0.871. The molecular formula is C18H23NO4. The van der Waals surface area contributed by atoms with Gasteiger partial charge in [0.25, 0.3) is 0 Å². The lowest BCUT2D eigenvalue weighted by Gasteiger charge is -2.20. The van der Waals surface area contributed by atoms with Crippen LogP contribution in [-0.4, -0.2) is 25.5 Å². The highest BCUT2D eigenvalue weighted by molar-refractivity contribution is 5.98. The highest BCUT2D eigenvalue weighted by Crippen LogP contribution is 2.29. The lowest BCUT2D eigenvalue weighted by molar-refractivity contribution is -0.151. The van der Waals surface area contributed by atoms with E-state index in [4.69, 9.17) is 9.47 Å². The number of hydrogen-bond acceptors (Lipinski definition) is 5. The molecule has 0 aliphatic carbocycles. The molecule has 1 rings (SSSR count). The van der Waals surface area contributed by atoms with E-state index in [0.29, 0.717) is 11.3 Å². The zero-order valence-corrected chi connectivity index (χ0v) is 14.3. The predicted octanol–water partition coefficient (Wildman–Crippen LogP) is 2.81. The number of ketones is 1. The number of nitriles is 1. The smallest absolute Gasteiger partial charge is 0.316 e. The number of nitrogens with zero attached hydrogens (tertiary/aromatic N) is 1. The maximum absolute atomic E-state index is 12.0. The van der Waals surface area contributed by atoms with Gasteiger partial charge in [0.2, 0.25) is 0 Å². The first-order valence-corrected chi connectivity index (χ1v) is 7.52. The molecule has 0 N–H and O–H groups in total. The van der Waals surface area contributed by atoms with Crippen molar-refractivity contribution in [3.8, 4) is 11.8 Å². The van der Waals surface area contributed by atoms with Crippen molar-refractivity contribution in [1.29, 1.82) is 5.26 Å². The molecule has 5 heteroatoms. The lowest BCUT2D eigenvalue weighted by atomic mass is 9.84. The molecule has 0 aliphatic heterocycles. The van der Waals surface area contributed by atoms with E-state index in [1.165, 1.54) is 14.0 Å². The number of Topliss-reactive ketones (excluding diaryl/α,β-unsaturated/α-hetero) is 1. The third kappa shape index (κ3) is 4.56. The van der Waals surface area contributed by atoms with E-state index in [9.17, 15) is 14.9 Å². The fourth-order valence-electron chi connectivity index (χ4n) is 2.25. The Balaban J connectivity index is 3.23. The van der Waals surface area contributed by atoms with Crippen molar-refractivity contribution in [2.45, 2.75) is 39.5 Å². The fourth-order valence-corrected chi connectivity index (χ4v) is 2.25. The molecule has 0 aromatic heterocycles. The largest absolute Gasteiger partial charge is 0.496 e. The third-order valence-electron chi connectivity index (χ3n) is 3.77. The Kier molecular flexibility index (Phi) is 6.32. The van der Waals surface area contributed by atoms with Gasteiger partial charge in [-0.1, -0.05) is 12.1 Å². The molecule has 0 fully saturated rings. The van der Waals surface area contributed by atoms with Crippen LogP contribution in [-0.2, 0) is 26.2 Å². The van der Waals surface area contributed by atoms with Crippen molar-refractivity contribution in [3.63, 3.8) is 0 Å². The second kappa shape index (κ2) is 7.77. The Morgan fingerprint density at radius 1 is 1.35 bits per heavy atom. The summed E-state index contributed by atoms with van der Waals surface area (Å²) in [7, 11) is 1.53. The molecule has 23 heavy (non-hydrogen) atoms. The van der Waals surface area contributed by atoms with E-state index in [1.54, 1.807) is 13.0 Å². The van der Waals surface area contributed by atoms with E-state index in [2.05, 4.69) is 6.07 Å². The van der Waals surface area contributed by atoms with E-state index in [-0.39, 0.29) is 18.8 Å². The standard InChI is InChI=1S/C18H23NO4/c1-6-23-17(21)15(12(2)20)10-13-9-14(18(3,4)11-19)7-8-16(13)22-5/h7-9,15H,6,10H2,1-5H3. The van der Waals surface area contributed by atoms with Crippen LogP contribution in [0.15, 0.2) is 18.2 Å². The second-order valence-corrected chi connectivity index (χ2v) is 5.88. The van der Waals surface area contributed by atoms with Crippen LogP contribution < -0.4 is 4.74 Å². The van der Waals surface area contributed by atoms with Gasteiger partial charge in [-0.2, -0.15) is 5.26 Å². The number of methoxy groups -OCH3 is 1. The molecule has 0 radical (unpaired) electrons. The van der Waals surface area contributed by atoms with Gasteiger partial charge in [0.1, 0.15) is 17.5 Å². The molecular weight excluding hydrogens is 294 g/mol. The zero-order chi connectivity index (χ0) is 17.6. The van der Waals surface area contributed by atoms with Crippen molar-refractivity contribution in [1.82, 2.24) is 0 Å². The summed E-state index contributed by atoms with van der Waals surface area (Å²) in [6.07, 6.45) is 0.187. The molecule has 0 spiro atoms. The predicted molar refractivity (Wildman–Crippen MR) is 86.1 cm³/mol. The zero-order valence-electron chi connectivity index (χ0n) is 14.3. The minimum absolute atomic E-state index is 0.187. The monoisotopic (exact) mass is 317 g/mol. The van der Waals surface area contributed by atoms with Gasteiger partial charge in [-0.25, -0.2) is 0 Å². The Hall–Kier alpha value is -2.35. The summed E-state index contributed by atoms with van der Waals surface area (Å²) in [5, 5.41) is 9.28. The number of ether oxygens (including phenoxy) is 2. The molecule has 1 aromatic rings. The van der Waals surface area contributed by atoms with Crippen LogP contribution in [0.1, 0.15) is 38.8 Å². The van der Waals surface area contributed by atoms with Crippen LogP contribution in [0.5, 0.6) is 5.75 Å². The van der Waals surface area contributed by atoms with Crippen molar-refractivity contribution in [3.05, 3.63) is 29.3 Å². The maximum Gasteiger partial charge on any atom is 0.316 e. The molecule has 1 aromatic carbocycles. The number of benzene rings is 1. The normalized spacial score (nSPS) is 12.2. The molecule has 124 valence electrons. The summed E-state index contributed by atoms with van der Waals surface area (Å²) in [4.78, 5) is 23.8. The summed E-state index contributed by atoms with van der Waals surface area (Å²) in [5.74, 6) is -1.08. The minimum Gasteiger partial charge on any atom is -0.496 e. The SMILES string of the molecule is CCOC(=O)C(Cc1cc(C(C)(C)C#N)ccc1OC)C(C)=O. The van der Waals surface area contributed by atoms with Crippen LogP contribution in [0.3, 0.4) is 0 Å². The van der Waals surface area contributed by atoms with Gasteiger partial charge in [-0.15, -0.1) is 0 Å². The van der Waals surface area contributed by atoms with E-state index in [0.717, 1.165) is 5.56 Å². The van der Waals surface area contributed by atoms with Gasteiger partial charge in [0, 0.05) is 0 Å². The number of esters is 1. The molecule has 0 aliphatic rings. The molecule has 1 atom stereocenters. The fraction of sp³-hybridized carbons (Fsp3) is 0.500. The molecule has 0 amide bonds. The number of carbonyl (C=O) groups is 2. The van der Waals surface area contributed by atoms with Gasteiger partial charge in [-0.3, -0.25) is 9.59 Å². The number of carbonyl (C=O) groups excluding carboxylic acids is 2. The third-order valence-corrected chi connectivity index (χ3v) is 3.77. The molecule has 5 nitrogen and oxygen atoms in total. The molecule has 1 unspecified atom stereocenters. The van der Waals surface area contributed by atoms with Crippen molar-refractivity contribution < 1.29 is 19.1 Å². The van der Waals surface area contributed by atoms with Gasteiger partial charge >= 0.3 is 5.97 Å². The summed E-state index contributed by atoms with van der Waals surface area (Å²) >= 11 is 0. The van der Waals surface area contributed by atoms with Crippen LogP contribution in [0.2, 0.25) is 0 Å². The highest BCUT2D eigenvalue weighted by atomic mass is 16.5. The Morgan fingerprint density at radius 3 is 2.48 bits per heavy atom. The van der Waals surface area contributed by atoms with Crippen LogP contribution >= 0.6 is 0 Å². The van der Waals surface area contributed by atoms with E-state index in [1.807, 2.05) is 26.0 Å². The molecule has 0 heterocycles. The summed E-state index contributed by atoms with van der Waals surface area (Å²) in [6, 6.07) is 7.63. The molecule has 0 saturated carbocycles. The summed E-state index contributed by atoms with van der Waals surface area (Å²) < 4.78 is 10.3. The van der Waals surface area contributed by atoms with Crippen molar-refractivity contribution in [2.24, 2.45) is 5.92 Å². The van der Waals surface area contributed by atoms with Crippen LogP contribution in [0.4, 0.5) is 0 Å². The second-order valence-electron chi connectivity index (χ2n) is 5.88. The first-order valence-electron chi connectivity index (χ1n) is 7.52. The van der Waals surface area contributed by atoms with Crippen LogP contribution in [0, 0.1) is 17.2 Å². The van der Waals surface area contributed by atoms with E-state index < -0.39 is 17.3 Å². The van der Waals surface area contributed by atoms with Gasteiger partial charge < -0.3 is 9.47 Å². The highest BCUT2D eigenvalue weighted by Gasteiger charge is 2.28. The Bertz CT molecular complexity index is 628. The van der Waals surface area contributed by atoms with E-state index >= 15 is 0 Å². The van der Waals surface area contributed by atoms with Crippen molar-refractivity contribution >= 4 is 11.8 Å². The summed E-state index contributed by atoms with van der Waals surface area (Å²) in [5.41, 5.74) is 0.847. The topological polar surface area (TPSA) is 76.4 Å². The Morgan fingerprint density at radius 2 is 2.00 bits per heavy atom. The Labute approximate surface area is 137 Å². The van der Waals surface area contributed by atoms with Crippen molar-refractivity contribution in [2.75, 3.05) is 13.7 Å². The van der Waals surface area contributed by atoms with Gasteiger partial charge in [-0.05, 0) is 51.3 Å². The number of rotatable bonds is 7. The first-order chi connectivity index (χ1) is 10.8. The number of hydrogen-bond donors (Lipinski definition) is 0. The van der Waals surface area contributed by atoms with Gasteiger partial charge in [0.15, 0.2) is 0 Å². The quantitative estimate of drug-likeness (QED) is 0.571. The average Bonchev–Trinajstić information content (AvgIpc) is 2.52. The molecule has 0 bridgehead atoms.